The van der Waals surface area contributed by atoms with Gasteiger partial charge in [0.15, 0.2) is 0 Å². The third kappa shape index (κ3) is 4.08. The van der Waals surface area contributed by atoms with Gasteiger partial charge < -0.3 is 15.4 Å². The number of amides is 1. The van der Waals surface area contributed by atoms with Gasteiger partial charge in [0.2, 0.25) is 0 Å². The van der Waals surface area contributed by atoms with Crippen molar-refractivity contribution in [3.63, 3.8) is 0 Å². The number of rotatable bonds is 1. The number of halogens is 2. The monoisotopic (exact) mass is 314 g/mol. The zero-order valence-corrected chi connectivity index (χ0v) is 13.2. The zero-order chi connectivity index (χ0) is 15.8. The molecule has 0 radical (unpaired) electrons. The summed E-state index contributed by atoms with van der Waals surface area (Å²) in [5, 5.41) is 0.327. The van der Waals surface area contributed by atoms with E-state index in [-0.39, 0.29) is 12.0 Å². The minimum absolute atomic E-state index is 0.147. The third-order valence-electron chi connectivity index (χ3n) is 3.33. The lowest BCUT2D eigenvalue weighted by molar-refractivity contribution is 0.0290. The van der Waals surface area contributed by atoms with Crippen molar-refractivity contribution in [2.45, 2.75) is 38.3 Å². The van der Waals surface area contributed by atoms with Gasteiger partial charge in [-0.2, -0.15) is 0 Å². The van der Waals surface area contributed by atoms with E-state index in [1.165, 1.54) is 12.1 Å². The molecule has 2 rings (SSSR count). The molecule has 4 nitrogen and oxygen atoms in total. The summed E-state index contributed by atoms with van der Waals surface area (Å²) in [5.41, 5.74) is 6.24. The lowest BCUT2D eigenvalue weighted by atomic mass is 9.95. The number of nitrogens with two attached hydrogens (primary N) is 1. The van der Waals surface area contributed by atoms with Gasteiger partial charge in [-0.25, -0.2) is 9.18 Å². The lowest BCUT2D eigenvalue weighted by Crippen LogP contribution is -2.36. The fourth-order valence-corrected chi connectivity index (χ4v) is 2.68. The molecule has 1 aromatic carbocycles. The highest BCUT2D eigenvalue weighted by molar-refractivity contribution is 6.30. The van der Waals surface area contributed by atoms with Crippen molar-refractivity contribution in [2.75, 3.05) is 13.1 Å². The Labute approximate surface area is 129 Å². The molecule has 0 spiro atoms. The molecule has 0 aromatic heterocycles. The van der Waals surface area contributed by atoms with Gasteiger partial charge in [0.1, 0.15) is 11.4 Å². The molecular weight excluding hydrogens is 295 g/mol. The average molecular weight is 315 g/mol. The highest BCUT2D eigenvalue weighted by Crippen LogP contribution is 2.30. The van der Waals surface area contributed by atoms with Gasteiger partial charge in [-0.05, 0) is 44.5 Å². The Hall–Kier alpha value is -1.33. The summed E-state index contributed by atoms with van der Waals surface area (Å²) in [7, 11) is 0. The fourth-order valence-electron chi connectivity index (χ4n) is 2.45. The van der Waals surface area contributed by atoms with E-state index in [1.54, 1.807) is 11.0 Å². The second kappa shape index (κ2) is 5.81. The summed E-state index contributed by atoms with van der Waals surface area (Å²) in [6.07, 6.45) is -0.400. The van der Waals surface area contributed by atoms with Crippen LogP contribution in [0.4, 0.5) is 9.18 Å². The van der Waals surface area contributed by atoms with Crippen molar-refractivity contribution in [3.8, 4) is 0 Å². The van der Waals surface area contributed by atoms with Gasteiger partial charge in [0.25, 0.3) is 0 Å². The molecule has 0 unspecified atom stereocenters. The Morgan fingerprint density at radius 1 is 1.38 bits per heavy atom. The fraction of sp³-hybridized carbons (Fsp3) is 0.533. The zero-order valence-electron chi connectivity index (χ0n) is 12.4. The van der Waals surface area contributed by atoms with E-state index in [0.29, 0.717) is 23.7 Å². The SMILES string of the molecule is CC(C)(C)OC(=O)N1C[C@H](c2cc(F)cc(Cl)c2)[C@@H](N)C1. The quantitative estimate of drug-likeness (QED) is 0.866. The number of hydrogen-bond acceptors (Lipinski definition) is 3. The first kappa shape index (κ1) is 16.0. The predicted molar refractivity (Wildman–Crippen MR) is 79.9 cm³/mol. The van der Waals surface area contributed by atoms with Crippen molar-refractivity contribution in [2.24, 2.45) is 5.73 Å². The van der Waals surface area contributed by atoms with Gasteiger partial charge in [-0.1, -0.05) is 11.6 Å². The van der Waals surface area contributed by atoms with E-state index in [0.717, 1.165) is 0 Å². The maximum Gasteiger partial charge on any atom is 0.410 e. The van der Waals surface area contributed by atoms with Crippen LogP contribution in [0, 0.1) is 5.82 Å². The summed E-state index contributed by atoms with van der Waals surface area (Å²) < 4.78 is 18.8. The summed E-state index contributed by atoms with van der Waals surface area (Å²) >= 11 is 5.88. The molecule has 0 saturated carbocycles. The van der Waals surface area contributed by atoms with Crippen LogP contribution >= 0.6 is 11.6 Å². The highest BCUT2D eigenvalue weighted by Gasteiger charge is 2.36. The second-order valence-electron chi connectivity index (χ2n) is 6.36. The number of ether oxygens (including phenoxy) is 1. The first-order valence-corrected chi connectivity index (χ1v) is 7.23. The summed E-state index contributed by atoms with van der Waals surface area (Å²) in [4.78, 5) is 13.6. The number of carbonyl (C=O) groups excluding carboxylic acids is 1. The van der Waals surface area contributed by atoms with Gasteiger partial charge in [-0.3, -0.25) is 0 Å². The van der Waals surface area contributed by atoms with Gasteiger partial charge >= 0.3 is 6.09 Å². The van der Waals surface area contributed by atoms with E-state index in [9.17, 15) is 9.18 Å². The molecule has 1 amide bonds. The van der Waals surface area contributed by atoms with Crippen LogP contribution in [0.15, 0.2) is 18.2 Å². The molecule has 1 aromatic rings. The number of nitrogens with zero attached hydrogens (tertiary/aromatic N) is 1. The van der Waals surface area contributed by atoms with E-state index in [2.05, 4.69) is 0 Å². The minimum Gasteiger partial charge on any atom is -0.444 e. The van der Waals surface area contributed by atoms with Crippen LogP contribution in [0.5, 0.6) is 0 Å². The van der Waals surface area contributed by atoms with Crippen molar-refractivity contribution >= 4 is 17.7 Å². The minimum atomic E-state index is -0.554. The van der Waals surface area contributed by atoms with Crippen LogP contribution in [0.1, 0.15) is 32.3 Å². The molecule has 1 aliphatic heterocycles. The summed E-state index contributed by atoms with van der Waals surface area (Å²) in [5.74, 6) is -0.550. The Morgan fingerprint density at radius 3 is 2.62 bits per heavy atom. The van der Waals surface area contributed by atoms with Crippen LogP contribution < -0.4 is 5.73 Å². The maximum absolute atomic E-state index is 13.5. The molecule has 1 saturated heterocycles. The summed E-state index contributed by atoms with van der Waals surface area (Å²) in [6, 6.07) is 4.08. The Morgan fingerprint density at radius 2 is 2.05 bits per heavy atom. The molecule has 0 aliphatic carbocycles. The van der Waals surface area contributed by atoms with E-state index >= 15 is 0 Å². The third-order valence-corrected chi connectivity index (χ3v) is 3.55. The highest BCUT2D eigenvalue weighted by atomic mass is 35.5. The number of likely N-dealkylation sites (tertiary alicyclic amines) is 1. The molecule has 2 N–H and O–H groups in total. The smallest absolute Gasteiger partial charge is 0.410 e. The van der Waals surface area contributed by atoms with E-state index in [1.807, 2.05) is 20.8 Å². The average Bonchev–Trinajstić information content (AvgIpc) is 2.68. The van der Waals surface area contributed by atoms with Crippen molar-refractivity contribution in [1.82, 2.24) is 4.90 Å². The van der Waals surface area contributed by atoms with Crippen LogP contribution in [0.2, 0.25) is 5.02 Å². The molecule has 6 heteroatoms. The van der Waals surface area contributed by atoms with E-state index < -0.39 is 17.5 Å². The second-order valence-corrected chi connectivity index (χ2v) is 6.79. The number of benzene rings is 1. The van der Waals surface area contributed by atoms with Crippen molar-refractivity contribution in [3.05, 3.63) is 34.6 Å². The number of carbonyl (C=O) groups is 1. The standard InChI is InChI=1S/C15H20ClFN2O2/c1-15(2,3)21-14(20)19-7-12(13(18)8-19)9-4-10(16)6-11(17)5-9/h4-6,12-13H,7-8,18H2,1-3H3/t12-,13+/m1/s1. The Balaban J connectivity index is 2.12. The normalized spacial score (nSPS) is 22.5. The number of hydrogen-bond donors (Lipinski definition) is 1. The van der Waals surface area contributed by atoms with Crippen LogP contribution in [0.25, 0.3) is 0 Å². The molecule has 1 fully saturated rings. The molecule has 1 aliphatic rings. The Bertz CT molecular complexity index is 525. The van der Waals surface area contributed by atoms with Crippen LogP contribution in [0.3, 0.4) is 0 Å². The molecule has 1 heterocycles. The van der Waals surface area contributed by atoms with Gasteiger partial charge in [0.05, 0.1) is 0 Å². The largest absolute Gasteiger partial charge is 0.444 e. The first-order chi connectivity index (χ1) is 9.65. The predicted octanol–water partition coefficient (Wildman–Crippen LogP) is 3.14. The van der Waals surface area contributed by atoms with E-state index in [4.69, 9.17) is 22.1 Å². The lowest BCUT2D eigenvalue weighted by Gasteiger charge is -2.24. The molecule has 116 valence electrons. The summed E-state index contributed by atoms with van der Waals surface area (Å²) in [6.45, 7) is 6.21. The topological polar surface area (TPSA) is 55.6 Å². The van der Waals surface area contributed by atoms with Crippen molar-refractivity contribution < 1.29 is 13.9 Å². The van der Waals surface area contributed by atoms with Gasteiger partial charge in [-0.15, -0.1) is 0 Å². The maximum atomic E-state index is 13.5. The molecular formula is C15H20ClFN2O2. The van der Waals surface area contributed by atoms with Gasteiger partial charge in [0, 0.05) is 30.1 Å². The first-order valence-electron chi connectivity index (χ1n) is 6.85. The molecule has 2 atom stereocenters. The Kier molecular flexibility index (Phi) is 4.44. The molecule has 21 heavy (non-hydrogen) atoms. The molecule has 0 bridgehead atoms. The van der Waals surface area contributed by atoms with Crippen LogP contribution in [-0.2, 0) is 4.74 Å². The van der Waals surface area contributed by atoms with Crippen LogP contribution in [-0.4, -0.2) is 35.7 Å². The van der Waals surface area contributed by atoms with Crippen molar-refractivity contribution in [1.29, 1.82) is 0 Å².